The van der Waals surface area contributed by atoms with E-state index in [1.807, 2.05) is 12.1 Å². The minimum absolute atomic E-state index is 0.326. The van der Waals surface area contributed by atoms with Crippen molar-refractivity contribution >= 4 is 29.4 Å². The molecule has 2 aromatic carbocycles. The van der Waals surface area contributed by atoms with Gasteiger partial charge in [0.15, 0.2) is 0 Å². The molecule has 170 valence electrons. The van der Waals surface area contributed by atoms with Crippen LogP contribution in [0.15, 0.2) is 48.5 Å². The number of anilines is 4. The van der Waals surface area contributed by atoms with E-state index < -0.39 is 0 Å². The first-order chi connectivity index (χ1) is 16.2. The van der Waals surface area contributed by atoms with Gasteiger partial charge in [0.25, 0.3) is 0 Å². The molecule has 8 nitrogen and oxygen atoms in total. The second-order valence-corrected chi connectivity index (χ2v) is 8.54. The molecule has 3 heterocycles. The standard InChI is InChI=1S/C25H29N7O/c26-13-18-12-19(7-8-22(18)27)29-24-21-15-33-16-23(21)30-25(31-24)32-10-4-9-28-20(14-32)11-17-5-2-1-3-6-17/h1-3,5-8,12-13,20,26,28H,4,9-11,14-16,27H2,(H,29,30,31). The van der Waals surface area contributed by atoms with Gasteiger partial charge in [-0.2, -0.15) is 4.98 Å². The maximum Gasteiger partial charge on any atom is 0.227 e. The van der Waals surface area contributed by atoms with Crippen LogP contribution in [0.3, 0.4) is 0 Å². The van der Waals surface area contributed by atoms with E-state index >= 15 is 0 Å². The zero-order chi connectivity index (χ0) is 22.6. The topological polar surface area (TPSA) is 112 Å². The van der Waals surface area contributed by atoms with Crippen molar-refractivity contribution in [2.45, 2.75) is 32.1 Å². The Kier molecular flexibility index (Phi) is 6.19. The SMILES string of the molecule is N=Cc1cc(Nc2nc(N3CCCNC(Cc4ccccc4)C3)nc3c2COC3)ccc1N. The number of benzene rings is 2. The molecule has 2 aliphatic heterocycles. The molecule has 2 aliphatic rings. The second kappa shape index (κ2) is 9.56. The molecule has 0 spiro atoms. The number of rotatable bonds is 6. The average Bonchev–Trinajstić information content (AvgIpc) is 3.20. The number of nitrogens with one attached hydrogen (secondary N) is 3. The van der Waals surface area contributed by atoms with E-state index in [0.29, 0.717) is 30.5 Å². The Hall–Kier alpha value is -3.49. The van der Waals surface area contributed by atoms with Crippen LogP contribution >= 0.6 is 0 Å². The Morgan fingerprint density at radius 1 is 1.18 bits per heavy atom. The normalized spacial score (nSPS) is 17.9. The van der Waals surface area contributed by atoms with Crippen molar-refractivity contribution in [2.75, 3.05) is 35.6 Å². The number of hydrogen-bond donors (Lipinski definition) is 4. The third-order valence-corrected chi connectivity index (χ3v) is 6.16. The Morgan fingerprint density at radius 2 is 2.06 bits per heavy atom. The molecular weight excluding hydrogens is 414 g/mol. The summed E-state index contributed by atoms with van der Waals surface area (Å²) in [7, 11) is 0. The number of fused-ring (bicyclic) bond motifs is 1. The van der Waals surface area contributed by atoms with Gasteiger partial charge in [0.1, 0.15) is 5.82 Å². The minimum Gasteiger partial charge on any atom is -0.398 e. The Morgan fingerprint density at radius 3 is 2.91 bits per heavy atom. The summed E-state index contributed by atoms with van der Waals surface area (Å²) in [5.41, 5.74) is 11.3. The molecule has 1 aromatic heterocycles. The Bertz CT molecular complexity index is 1140. The van der Waals surface area contributed by atoms with E-state index in [2.05, 4.69) is 45.9 Å². The van der Waals surface area contributed by atoms with Crippen LogP contribution in [-0.4, -0.2) is 41.9 Å². The summed E-state index contributed by atoms with van der Waals surface area (Å²) in [5.74, 6) is 1.48. The summed E-state index contributed by atoms with van der Waals surface area (Å²) < 4.78 is 5.69. The summed E-state index contributed by atoms with van der Waals surface area (Å²) in [6.45, 7) is 3.70. The number of nitrogen functional groups attached to an aromatic ring is 1. The van der Waals surface area contributed by atoms with Crippen molar-refractivity contribution in [2.24, 2.45) is 0 Å². The number of nitrogens with two attached hydrogens (primary N) is 1. The monoisotopic (exact) mass is 443 g/mol. The maximum absolute atomic E-state index is 7.58. The third kappa shape index (κ3) is 4.81. The highest BCUT2D eigenvalue weighted by atomic mass is 16.5. The van der Waals surface area contributed by atoms with Crippen LogP contribution in [0.4, 0.5) is 23.1 Å². The first-order valence-corrected chi connectivity index (χ1v) is 11.4. The molecule has 5 N–H and O–H groups in total. The molecule has 8 heteroatoms. The van der Waals surface area contributed by atoms with Crippen molar-refractivity contribution in [1.29, 1.82) is 5.41 Å². The fourth-order valence-corrected chi connectivity index (χ4v) is 4.41. The summed E-state index contributed by atoms with van der Waals surface area (Å²) in [6, 6.07) is 16.5. The van der Waals surface area contributed by atoms with E-state index in [0.717, 1.165) is 61.2 Å². The maximum atomic E-state index is 7.58. The van der Waals surface area contributed by atoms with Crippen LogP contribution in [0.1, 0.15) is 28.8 Å². The molecule has 1 atom stereocenters. The van der Waals surface area contributed by atoms with Crippen molar-refractivity contribution in [3.63, 3.8) is 0 Å². The number of aromatic nitrogens is 2. The van der Waals surface area contributed by atoms with Gasteiger partial charge in [0.2, 0.25) is 5.95 Å². The van der Waals surface area contributed by atoms with E-state index in [4.69, 9.17) is 25.8 Å². The van der Waals surface area contributed by atoms with Gasteiger partial charge < -0.3 is 31.4 Å². The molecular formula is C25H29N7O. The molecule has 1 fully saturated rings. The average molecular weight is 444 g/mol. The lowest BCUT2D eigenvalue weighted by Crippen LogP contribution is -2.40. The largest absolute Gasteiger partial charge is 0.398 e. The lowest BCUT2D eigenvalue weighted by Gasteiger charge is -2.26. The molecule has 0 saturated carbocycles. The first kappa shape index (κ1) is 21.4. The summed E-state index contributed by atoms with van der Waals surface area (Å²) >= 11 is 0. The zero-order valence-electron chi connectivity index (χ0n) is 18.6. The number of hydrogen-bond acceptors (Lipinski definition) is 8. The summed E-state index contributed by atoms with van der Waals surface area (Å²) in [4.78, 5) is 12.1. The molecule has 1 saturated heterocycles. The lowest BCUT2D eigenvalue weighted by molar-refractivity contribution is 0.133. The van der Waals surface area contributed by atoms with Crippen LogP contribution in [0.5, 0.6) is 0 Å². The highest BCUT2D eigenvalue weighted by Crippen LogP contribution is 2.30. The van der Waals surface area contributed by atoms with Gasteiger partial charge in [0.05, 0.1) is 18.9 Å². The number of ether oxygens (including phenoxy) is 1. The van der Waals surface area contributed by atoms with Gasteiger partial charge in [-0.3, -0.25) is 0 Å². The molecule has 3 aromatic rings. The van der Waals surface area contributed by atoms with E-state index in [-0.39, 0.29) is 0 Å². The van der Waals surface area contributed by atoms with Crippen LogP contribution < -0.4 is 21.3 Å². The third-order valence-electron chi connectivity index (χ3n) is 6.16. The van der Waals surface area contributed by atoms with Crippen molar-refractivity contribution in [1.82, 2.24) is 15.3 Å². The van der Waals surface area contributed by atoms with Crippen LogP contribution in [0.2, 0.25) is 0 Å². The van der Waals surface area contributed by atoms with E-state index in [1.165, 1.54) is 11.8 Å². The molecule has 0 aliphatic carbocycles. The van der Waals surface area contributed by atoms with Gasteiger partial charge in [0, 0.05) is 47.8 Å². The highest BCUT2D eigenvalue weighted by molar-refractivity contribution is 5.87. The minimum atomic E-state index is 0.326. The first-order valence-electron chi connectivity index (χ1n) is 11.4. The van der Waals surface area contributed by atoms with Crippen LogP contribution in [0, 0.1) is 5.41 Å². The molecule has 1 unspecified atom stereocenters. The summed E-state index contributed by atoms with van der Waals surface area (Å²) in [5, 5.41) is 14.7. The van der Waals surface area contributed by atoms with Gasteiger partial charge in [-0.25, -0.2) is 4.98 Å². The predicted octanol–water partition coefficient (Wildman–Crippen LogP) is 3.24. The molecule has 0 bridgehead atoms. The zero-order valence-corrected chi connectivity index (χ0v) is 18.6. The summed E-state index contributed by atoms with van der Waals surface area (Å²) in [6.07, 6.45) is 3.26. The smallest absolute Gasteiger partial charge is 0.227 e. The van der Waals surface area contributed by atoms with Gasteiger partial charge >= 0.3 is 0 Å². The highest BCUT2D eigenvalue weighted by Gasteiger charge is 2.25. The van der Waals surface area contributed by atoms with Crippen LogP contribution in [0.25, 0.3) is 0 Å². The Balaban J connectivity index is 1.41. The quantitative estimate of drug-likeness (QED) is 0.342. The van der Waals surface area contributed by atoms with Crippen molar-refractivity contribution in [3.8, 4) is 0 Å². The van der Waals surface area contributed by atoms with Gasteiger partial charge in [-0.15, -0.1) is 0 Å². The molecule has 0 radical (unpaired) electrons. The molecule has 5 rings (SSSR count). The van der Waals surface area contributed by atoms with Gasteiger partial charge in [-0.05, 0) is 43.1 Å². The fourth-order valence-electron chi connectivity index (χ4n) is 4.41. The number of nitrogens with zero attached hydrogens (tertiary/aromatic N) is 3. The second-order valence-electron chi connectivity index (χ2n) is 8.54. The van der Waals surface area contributed by atoms with Crippen LogP contribution in [-0.2, 0) is 24.4 Å². The predicted molar refractivity (Wildman–Crippen MR) is 131 cm³/mol. The lowest BCUT2D eigenvalue weighted by atomic mass is 10.1. The fraction of sp³-hybridized carbons (Fsp3) is 0.320. The van der Waals surface area contributed by atoms with E-state index in [1.54, 1.807) is 6.07 Å². The Labute approximate surface area is 193 Å². The van der Waals surface area contributed by atoms with Gasteiger partial charge in [-0.1, -0.05) is 30.3 Å². The molecule has 33 heavy (non-hydrogen) atoms. The van der Waals surface area contributed by atoms with Crippen molar-refractivity contribution in [3.05, 3.63) is 70.9 Å². The van der Waals surface area contributed by atoms with Crippen molar-refractivity contribution < 1.29 is 4.74 Å². The molecule has 0 amide bonds. The van der Waals surface area contributed by atoms with E-state index in [9.17, 15) is 0 Å².